The van der Waals surface area contributed by atoms with E-state index in [0.717, 1.165) is 44.2 Å². The number of furan rings is 1. The molecular formula is C15H28IN3O. The average molecular weight is 393 g/mol. The van der Waals surface area contributed by atoms with Crippen LogP contribution in [0.3, 0.4) is 0 Å². The molecule has 1 heterocycles. The molecule has 0 aromatic carbocycles. The van der Waals surface area contributed by atoms with Crippen LogP contribution in [0.25, 0.3) is 0 Å². The largest absolute Gasteiger partial charge is 0.469 e. The van der Waals surface area contributed by atoms with Gasteiger partial charge in [0, 0.05) is 26.1 Å². The Bertz CT molecular complexity index is 369. The highest BCUT2D eigenvalue weighted by molar-refractivity contribution is 14.0. The fourth-order valence-electron chi connectivity index (χ4n) is 1.60. The molecule has 0 radical (unpaired) electrons. The molecule has 0 saturated heterocycles. The van der Waals surface area contributed by atoms with Crippen molar-refractivity contribution in [2.45, 2.75) is 40.5 Å². The van der Waals surface area contributed by atoms with Gasteiger partial charge in [-0.1, -0.05) is 20.8 Å². The summed E-state index contributed by atoms with van der Waals surface area (Å²) in [5, 5.41) is 6.58. The Morgan fingerprint density at radius 3 is 2.60 bits per heavy atom. The Labute approximate surface area is 139 Å². The summed E-state index contributed by atoms with van der Waals surface area (Å²) in [6.07, 6.45) is 3.66. The van der Waals surface area contributed by atoms with Gasteiger partial charge in [0.2, 0.25) is 0 Å². The number of guanidine groups is 1. The van der Waals surface area contributed by atoms with Crippen LogP contribution in [0.5, 0.6) is 0 Å². The third-order valence-corrected chi connectivity index (χ3v) is 2.72. The zero-order valence-corrected chi connectivity index (χ0v) is 15.4. The summed E-state index contributed by atoms with van der Waals surface area (Å²) >= 11 is 0. The van der Waals surface area contributed by atoms with E-state index in [0.29, 0.717) is 5.41 Å². The van der Waals surface area contributed by atoms with Gasteiger partial charge in [0.05, 0.1) is 6.26 Å². The van der Waals surface area contributed by atoms with Crippen LogP contribution in [0.4, 0.5) is 0 Å². The van der Waals surface area contributed by atoms with E-state index in [4.69, 9.17) is 4.42 Å². The summed E-state index contributed by atoms with van der Waals surface area (Å²) in [5.74, 6) is 1.89. The monoisotopic (exact) mass is 393 g/mol. The molecular weight excluding hydrogens is 365 g/mol. The van der Waals surface area contributed by atoms with Crippen LogP contribution in [-0.2, 0) is 6.42 Å². The molecule has 0 fully saturated rings. The lowest BCUT2D eigenvalue weighted by Gasteiger charge is -2.17. The van der Waals surface area contributed by atoms with Crippen molar-refractivity contribution >= 4 is 29.9 Å². The summed E-state index contributed by atoms with van der Waals surface area (Å²) in [6, 6.07) is 3.91. The molecule has 0 unspecified atom stereocenters. The second-order valence-corrected chi connectivity index (χ2v) is 5.83. The van der Waals surface area contributed by atoms with E-state index in [2.05, 4.69) is 43.3 Å². The molecule has 0 aliphatic carbocycles. The van der Waals surface area contributed by atoms with E-state index in [1.165, 1.54) is 0 Å². The van der Waals surface area contributed by atoms with E-state index in [-0.39, 0.29) is 24.0 Å². The highest BCUT2D eigenvalue weighted by Gasteiger charge is 2.09. The fourth-order valence-corrected chi connectivity index (χ4v) is 1.60. The maximum Gasteiger partial charge on any atom is 0.191 e. The van der Waals surface area contributed by atoms with Gasteiger partial charge in [0.1, 0.15) is 5.76 Å². The van der Waals surface area contributed by atoms with Gasteiger partial charge >= 0.3 is 0 Å². The molecule has 0 atom stereocenters. The summed E-state index contributed by atoms with van der Waals surface area (Å²) in [5.41, 5.74) is 0.328. The second kappa shape index (κ2) is 10.1. The summed E-state index contributed by atoms with van der Waals surface area (Å²) in [4.78, 5) is 4.58. The summed E-state index contributed by atoms with van der Waals surface area (Å²) < 4.78 is 5.30. The molecule has 0 bridgehead atoms. The lowest BCUT2D eigenvalue weighted by atomic mass is 9.93. The molecule has 0 aliphatic heterocycles. The molecule has 2 N–H and O–H groups in total. The first-order valence-corrected chi connectivity index (χ1v) is 7.06. The van der Waals surface area contributed by atoms with Crippen molar-refractivity contribution in [1.29, 1.82) is 0 Å². The van der Waals surface area contributed by atoms with Crippen LogP contribution in [0.15, 0.2) is 27.8 Å². The van der Waals surface area contributed by atoms with Crippen molar-refractivity contribution in [3.8, 4) is 0 Å². The van der Waals surface area contributed by atoms with Gasteiger partial charge < -0.3 is 15.1 Å². The minimum Gasteiger partial charge on any atom is -0.469 e. The lowest BCUT2D eigenvalue weighted by molar-refractivity contribution is 0.385. The van der Waals surface area contributed by atoms with Crippen LogP contribution in [-0.4, -0.2) is 25.6 Å². The molecule has 0 saturated carbocycles. The van der Waals surface area contributed by atoms with Gasteiger partial charge in [-0.3, -0.25) is 4.99 Å². The van der Waals surface area contributed by atoms with Crippen LogP contribution in [0.2, 0.25) is 0 Å². The van der Waals surface area contributed by atoms with Gasteiger partial charge in [-0.15, -0.1) is 24.0 Å². The molecule has 1 aromatic rings. The van der Waals surface area contributed by atoms with Crippen molar-refractivity contribution in [3.63, 3.8) is 0 Å². The quantitative estimate of drug-likeness (QED) is 0.442. The van der Waals surface area contributed by atoms with Gasteiger partial charge in [-0.2, -0.15) is 0 Å². The normalized spacial score (nSPS) is 11.9. The zero-order valence-electron chi connectivity index (χ0n) is 13.0. The first-order chi connectivity index (χ1) is 9.01. The van der Waals surface area contributed by atoms with Crippen LogP contribution < -0.4 is 10.6 Å². The van der Waals surface area contributed by atoms with Crippen molar-refractivity contribution in [3.05, 3.63) is 24.2 Å². The Morgan fingerprint density at radius 1 is 1.30 bits per heavy atom. The van der Waals surface area contributed by atoms with E-state index in [1.807, 2.05) is 12.1 Å². The maximum absolute atomic E-state index is 5.30. The average Bonchev–Trinajstić information content (AvgIpc) is 2.80. The van der Waals surface area contributed by atoms with Gasteiger partial charge in [0.15, 0.2) is 5.96 Å². The number of halogens is 1. The van der Waals surface area contributed by atoms with Crippen molar-refractivity contribution in [1.82, 2.24) is 10.6 Å². The van der Waals surface area contributed by atoms with E-state index in [9.17, 15) is 0 Å². The molecule has 20 heavy (non-hydrogen) atoms. The minimum absolute atomic E-state index is 0. The zero-order chi connectivity index (χ0) is 14.1. The number of hydrogen-bond donors (Lipinski definition) is 2. The van der Waals surface area contributed by atoms with Gasteiger partial charge in [-0.05, 0) is 30.9 Å². The molecule has 116 valence electrons. The minimum atomic E-state index is 0. The fraction of sp³-hybridized carbons (Fsp3) is 0.667. The molecule has 1 aromatic heterocycles. The second-order valence-electron chi connectivity index (χ2n) is 5.83. The number of hydrogen-bond acceptors (Lipinski definition) is 2. The van der Waals surface area contributed by atoms with Gasteiger partial charge in [0.25, 0.3) is 0 Å². The van der Waals surface area contributed by atoms with E-state index < -0.39 is 0 Å². The highest BCUT2D eigenvalue weighted by atomic mass is 127. The highest BCUT2D eigenvalue weighted by Crippen LogP contribution is 2.17. The standard InChI is InChI=1S/C15H27N3O.HI/c1-5-16-14(18-11-9-15(2,3)4)17-10-8-13-7-6-12-19-13;/h6-7,12H,5,8-11H2,1-4H3,(H2,16,17,18);1H. The van der Waals surface area contributed by atoms with Gasteiger partial charge in [-0.25, -0.2) is 0 Å². The predicted molar refractivity (Wildman–Crippen MR) is 95.9 cm³/mol. The molecule has 0 amide bonds. The smallest absolute Gasteiger partial charge is 0.191 e. The number of nitrogens with zero attached hydrogens (tertiary/aromatic N) is 1. The van der Waals surface area contributed by atoms with Crippen LogP contribution >= 0.6 is 24.0 Å². The topological polar surface area (TPSA) is 49.6 Å². The first kappa shape index (κ1) is 19.3. The Kier molecular flexibility index (Phi) is 9.71. The Hall–Kier alpha value is -0.720. The van der Waals surface area contributed by atoms with E-state index in [1.54, 1.807) is 6.26 Å². The van der Waals surface area contributed by atoms with Crippen molar-refractivity contribution < 1.29 is 4.42 Å². The Morgan fingerprint density at radius 2 is 2.05 bits per heavy atom. The van der Waals surface area contributed by atoms with Crippen LogP contribution in [0, 0.1) is 5.41 Å². The number of aliphatic imine (C=N–C) groups is 1. The van der Waals surface area contributed by atoms with Crippen LogP contribution in [0.1, 0.15) is 39.9 Å². The number of rotatable bonds is 6. The first-order valence-electron chi connectivity index (χ1n) is 7.06. The van der Waals surface area contributed by atoms with Crippen molar-refractivity contribution in [2.24, 2.45) is 10.4 Å². The SMILES string of the molecule is CCNC(=NCCC(C)(C)C)NCCc1ccco1.I. The maximum atomic E-state index is 5.30. The lowest BCUT2D eigenvalue weighted by Crippen LogP contribution is -2.38. The summed E-state index contributed by atoms with van der Waals surface area (Å²) in [7, 11) is 0. The van der Waals surface area contributed by atoms with Crippen molar-refractivity contribution in [2.75, 3.05) is 19.6 Å². The molecule has 1 rings (SSSR count). The van der Waals surface area contributed by atoms with E-state index >= 15 is 0 Å². The molecule has 0 aliphatic rings. The molecule has 5 heteroatoms. The molecule has 0 spiro atoms. The third kappa shape index (κ3) is 9.23. The Balaban J connectivity index is 0.00000361. The molecule has 4 nitrogen and oxygen atoms in total. The predicted octanol–water partition coefficient (Wildman–Crippen LogP) is 3.43. The number of nitrogens with one attached hydrogen (secondary N) is 2. The summed E-state index contributed by atoms with van der Waals surface area (Å²) in [6.45, 7) is 11.3. The third-order valence-electron chi connectivity index (χ3n) is 2.72.